The van der Waals surface area contributed by atoms with Crippen molar-refractivity contribution in [2.75, 3.05) is 24.9 Å². The van der Waals surface area contributed by atoms with Crippen molar-refractivity contribution in [1.29, 1.82) is 0 Å². The van der Waals surface area contributed by atoms with E-state index in [2.05, 4.69) is 47.7 Å². The zero-order valence-corrected chi connectivity index (χ0v) is 16.4. The number of pyridine rings is 1. The van der Waals surface area contributed by atoms with Crippen LogP contribution in [0.2, 0.25) is 0 Å². The molecular formula is C22H23N3O3. The molecule has 0 saturated heterocycles. The summed E-state index contributed by atoms with van der Waals surface area (Å²) in [6, 6.07) is 14.9. The molecule has 6 heteroatoms. The van der Waals surface area contributed by atoms with Crippen molar-refractivity contribution >= 4 is 23.0 Å². The number of benzene rings is 2. The summed E-state index contributed by atoms with van der Waals surface area (Å²) in [4.78, 5) is 16.7. The average molecular weight is 377 g/mol. The molecule has 1 aromatic heterocycles. The maximum Gasteiger partial charge on any atom is 0.274 e. The van der Waals surface area contributed by atoms with Gasteiger partial charge in [-0.25, -0.2) is 4.98 Å². The van der Waals surface area contributed by atoms with E-state index < -0.39 is 0 Å². The molecule has 6 nitrogen and oxygen atoms in total. The van der Waals surface area contributed by atoms with Gasteiger partial charge in [-0.15, -0.1) is 0 Å². The Morgan fingerprint density at radius 2 is 1.50 bits per heavy atom. The van der Waals surface area contributed by atoms with Crippen molar-refractivity contribution in [2.45, 2.75) is 13.8 Å². The summed E-state index contributed by atoms with van der Waals surface area (Å²) < 4.78 is 10.5. The largest absolute Gasteiger partial charge is 0.493 e. The average Bonchev–Trinajstić information content (AvgIpc) is 2.67. The monoisotopic (exact) mass is 377 g/mol. The molecule has 0 saturated carbocycles. The van der Waals surface area contributed by atoms with Gasteiger partial charge in [-0.1, -0.05) is 6.07 Å². The summed E-state index contributed by atoms with van der Waals surface area (Å²) in [7, 11) is 3.11. The Hall–Kier alpha value is -3.54. The van der Waals surface area contributed by atoms with Gasteiger partial charge in [0.15, 0.2) is 11.5 Å². The van der Waals surface area contributed by atoms with Crippen LogP contribution < -0.4 is 20.1 Å². The van der Waals surface area contributed by atoms with Crippen LogP contribution in [0.4, 0.5) is 17.1 Å². The van der Waals surface area contributed by atoms with E-state index in [1.165, 1.54) is 11.1 Å². The summed E-state index contributed by atoms with van der Waals surface area (Å²) >= 11 is 0. The quantitative estimate of drug-likeness (QED) is 0.651. The normalized spacial score (nSPS) is 10.3. The smallest absolute Gasteiger partial charge is 0.274 e. The summed E-state index contributed by atoms with van der Waals surface area (Å²) in [6.07, 6.45) is 1.64. The van der Waals surface area contributed by atoms with Gasteiger partial charge in [-0.3, -0.25) is 4.79 Å². The molecule has 0 aliphatic heterocycles. The van der Waals surface area contributed by atoms with Gasteiger partial charge in [0.1, 0.15) is 5.69 Å². The van der Waals surface area contributed by atoms with Crippen molar-refractivity contribution < 1.29 is 14.3 Å². The standard InChI is InChI=1S/C22H23N3O3/c1-14-9-15(2)11-18(10-14)24-17-5-7-19(23-13-17)22(26)25-16-6-8-20(27-3)21(12-16)28-4/h5-13,24H,1-4H3,(H,25,26). The Kier molecular flexibility index (Phi) is 5.79. The first-order valence-electron chi connectivity index (χ1n) is 8.83. The predicted molar refractivity (Wildman–Crippen MR) is 111 cm³/mol. The van der Waals surface area contributed by atoms with Crippen LogP contribution in [0.3, 0.4) is 0 Å². The lowest BCUT2D eigenvalue weighted by molar-refractivity contribution is 0.102. The van der Waals surface area contributed by atoms with Gasteiger partial charge in [0.2, 0.25) is 0 Å². The predicted octanol–water partition coefficient (Wildman–Crippen LogP) is 4.71. The lowest BCUT2D eigenvalue weighted by Gasteiger charge is -2.11. The molecule has 0 radical (unpaired) electrons. The molecule has 1 heterocycles. The third-order valence-corrected chi connectivity index (χ3v) is 4.15. The van der Waals surface area contributed by atoms with E-state index in [1.54, 1.807) is 44.7 Å². The van der Waals surface area contributed by atoms with Crippen molar-refractivity contribution in [1.82, 2.24) is 4.98 Å². The van der Waals surface area contributed by atoms with Gasteiger partial charge in [-0.05, 0) is 61.4 Å². The first kappa shape index (κ1) is 19.2. The number of nitrogens with one attached hydrogen (secondary N) is 2. The third kappa shape index (κ3) is 4.59. The van der Waals surface area contributed by atoms with Gasteiger partial charge in [0, 0.05) is 17.4 Å². The van der Waals surface area contributed by atoms with Crippen LogP contribution in [0.25, 0.3) is 0 Å². The molecule has 0 aliphatic carbocycles. The Labute approximate surface area is 164 Å². The van der Waals surface area contributed by atoms with Gasteiger partial charge in [-0.2, -0.15) is 0 Å². The Bertz CT molecular complexity index is 965. The molecule has 1 amide bonds. The fourth-order valence-electron chi connectivity index (χ4n) is 2.92. The van der Waals surface area contributed by atoms with Gasteiger partial charge in [0.05, 0.1) is 26.1 Å². The van der Waals surface area contributed by atoms with Crippen LogP contribution in [0.5, 0.6) is 11.5 Å². The zero-order valence-electron chi connectivity index (χ0n) is 16.4. The number of anilines is 3. The van der Waals surface area contributed by atoms with Gasteiger partial charge < -0.3 is 20.1 Å². The number of ether oxygens (including phenoxy) is 2. The minimum absolute atomic E-state index is 0.301. The molecule has 2 aromatic carbocycles. The Morgan fingerprint density at radius 3 is 2.11 bits per heavy atom. The second-order valence-electron chi connectivity index (χ2n) is 6.46. The highest BCUT2D eigenvalue weighted by atomic mass is 16.5. The first-order chi connectivity index (χ1) is 13.5. The lowest BCUT2D eigenvalue weighted by atomic mass is 10.1. The van der Waals surface area contributed by atoms with E-state index in [1.807, 2.05) is 6.07 Å². The zero-order chi connectivity index (χ0) is 20.1. The van der Waals surface area contributed by atoms with E-state index in [9.17, 15) is 4.79 Å². The summed E-state index contributed by atoms with van der Waals surface area (Å²) in [5, 5.41) is 6.12. The van der Waals surface area contributed by atoms with Crippen molar-refractivity contribution in [2.24, 2.45) is 0 Å². The molecule has 0 aliphatic rings. The molecule has 28 heavy (non-hydrogen) atoms. The number of rotatable bonds is 6. The number of amides is 1. The fourth-order valence-corrected chi connectivity index (χ4v) is 2.92. The summed E-state index contributed by atoms with van der Waals surface area (Å²) in [5.41, 5.74) is 5.08. The highest BCUT2D eigenvalue weighted by Gasteiger charge is 2.10. The van der Waals surface area contributed by atoms with E-state index >= 15 is 0 Å². The molecular weight excluding hydrogens is 354 g/mol. The Balaban J connectivity index is 1.70. The Morgan fingerprint density at radius 1 is 0.821 bits per heavy atom. The van der Waals surface area contributed by atoms with Crippen LogP contribution in [0.1, 0.15) is 21.6 Å². The molecule has 3 rings (SSSR count). The van der Waals surface area contributed by atoms with Crippen molar-refractivity contribution in [3.05, 3.63) is 71.5 Å². The molecule has 144 valence electrons. The highest BCUT2D eigenvalue weighted by Crippen LogP contribution is 2.30. The summed E-state index contributed by atoms with van der Waals surface area (Å²) in [6.45, 7) is 4.11. The number of methoxy groups -OCH3 is 2. The lowest BCUT2D eigenvalue weighted by Crippen LogP contribution is -2.13. The van der Waals surface area contributed by atoms with Gasteiger partial charge in [0.25, 0.3) is 5.91 Å². The number of nitrogens with zero attached hydrogens (tertiary/aromatic N) is 1. The van der Waals surface area contributed by atoms with Crippen LogP contribution in [0.15, 0.2) is 54.7 Å². The van der Waals surface area contributed by atoms with E-state index in [-0.39, 0.29) is 5.91 Å². The van der Waals surface area contributed by atoms with E-state index in [4.69, 9.17) is 9.47 Å². The van der Waals surface area contributed by atoms with Crippen LogP contribution in [0, 0.1) is 13.8 Å². The molecule has 0 atom stereocenters. The van der Waals surface area contributed by atoms with Crippen LogP contribution >= 0.6 is 0 Å². The number of hydrogen-bond acceptors (Lipinski definition) is 5. The van der Waals surface area contributed by atoms with E-state index in [0.717, 1.165) is 11.4 Å². The van der Waals surface area contributed by atoms with Gasteiger partial charge >= 0.3 is 0 Å². The maximum atomic E-state index is 12.5. The van der Waals surface area contributed by atoms with Crippen LogP contribution in [-0.2, 0) is 0 Å². The SMILES string of the molecule is COc1ccc(NC(=O)c2ccc(Nc3cc(C)cc(C)c3)cn2)cc1OC. The first-order valence-corrected chi connectivity index (χ1v) is 8.83. The van der Waals surface area contributed by atoms with Crippen LogP contribution in [-0.4, -0.2) is 25.1 Å². The molecule has 0 bridgehead atoms. The molecule has 0 fully saturated rings. The van der Waals surface area contributed by atoms with Crippen molar-refractivity contribution in [3.63, 3.8) is 0 Å². The number of carbonyl (C=O) groups is 1. The number of aryl methyl sites for hydroxylation is 2. The second kappa shape index (κ2) is 8.43. The molecule has 0 spiro atoms. The number of hydrogen-bond donors (Lipinski definition) is 2. The van der Waals surface area contributed by atoms with Crippen molar-refractivity contribution in [3.8, 4) is 11.5 Å². The minimum Gasteiger partial charge on any atom is -0.493 e. The number of aromatic nitrogens is 1. The second-order valence-corrected chi connectivity index (χ2v) is 6.46. The summed E-state index contributed by atoms with van der Waals surface area (Å²) in [5.74, 6) is 0.840. The topological polar surface area (TPSA) is 72.5 Å². The third-order valence-electron chi connectivity index (χ3n) is 4.15. The highest BCUT2D eigenvalue weighted by molar-refractivity contribution is 6.03. The maximum absolute atomic E-state index is 12.5. The molecule has 3 aromatic rings. The molecule has 2 N–H and O–H groups in total. The van der Waals surface area contributed by atoms with E-state index in [0.29, 0.717) is 22.9 Å². The molecule has 0 unspecified atom stereocenters. The fraction of sp³-hybridized carbons (Fsp3) is 0.182. The minimum atomic E-state index is -0.301. The number of carbonyl (C=O) groups excluding carboxylic acids is 1.